The first-order valence-electron chi connectivity index (χ1n) is 7.64. The van der Waals surface area contributed by atoms with Gasteiger partial charge in [-0.1, -0.05) is 0 Å². The van der Waals surface area contributed by atoms with Crippen molar-refractivity contribution in [2.24, 2.45) is 0 Å². The Bertz CT molecular complexity index is 591. The molecule has 1 fully saturated rings. The zero-order valence-corrected chi connectivity index (χ0v) is 15.9. The predicted molar refractivity (Wildman–Crippen MR) is 98.2 cm³/mol. The lowest BCUT2D eigenvalue weighted by molar-refractivity contribution is 0.00578. The van der Waals surface area contributed by atoms with E-state index in [1.54, 1.807) is 13.0 Å². The van der Waals surface area contributed by atoms with Gasteiger partial charge in [0.25, 0.3) is 0 Å². The van der Waals surface area contributed by atoms with E-state index in [0.717, 1.165) is 10.3 Å². The third-order valence-corrected chi connectivity index (χ3v) is 5.55. The average Bonchev–Trinajstić information content (AvgIpc) is 2.99. The van der Waals surface area contributed by atoms with Crippen molar-refractivity contribution in [3.8, 4) is 0 Å². The molecule has 4 nitrogen and oxygen atoms in total. The molecule has 1 aromatic heterocycles. The lowest BCUT2D eigenvalue weighted by Crippen LogP contribution is -2.41. The van der Waals surface area contributed by atoms with E-state index in [4.69, 9.17) is 14.0 Å². The smallest absolute Gasteiger partial charge is 0.462 e. The second-order valence-electron chi connectivity index (χ2n) is 6.39. The summed E-state index contributed by atoms with van der Waals surface area (Å²) in [6, 6.07) is 3.67. The van der Waals surface area contributed by atoms with E-state index < -0.39 is 7.12 Å². The average molecular weight is 354 g/mol. The Morgan fingerprint density at radius 3 is 2.43 bits per heavy atom. The van der Waals surface area contributed by atoms with Crippen LogP contribution in [0.5, 0.6) is 0 Å². The van der Waals surface area contributed by atoms with Crippen LogP contribution in [0.4, 0.5) is 0 Å². The number of esters is 1. The Hall–Kier alpha value is -0.755. The van der Waals surface area contributed by atoms with Gasteiger partial charge in [0.15, 0.2) is 0 Å². The van der Waals surface area contributed by atoms with Gasteiger partial charge in [-0.15, -0.1) is 11.3 Å². The van der Waals surface area contributed by atoms with Crippen LogP contribution in [0.2, 0.25) is 0 Å². The van der Waals surface area contributed by atoms with E-state index >= 15 is 0 Å². The number of hydrogen-bond acceptors (Lipinski definition) is 6. The van der Waals surface area contributed by atoms with Crippen molar-refractivity contribution in [1.29, 1.82) is 0 Å². The van der Waals surface area contributed by atoms with Gasteiger partial charge in [-0.05, 0) is 58.3 Å². The molecule has 1 aliphatic rings. The normalized spacial score (nSPS) is 19.9. The van der Waals surface area contributed by atoms with E-state index in [0.29, 0.717) is 17.2 Å². The van der Waals surface area contributed by atoms with Gasteiger partial charge in [0, 0.05) is 10.6 Å². The van der Waals surface area contributed by atoms with E-state index in [1.807, 2.05) is 39.8 Å². The second-order valence-corrected chi connectivity index (χ2v) is 7.82. The molecule has 0 radical (unpaired) electrons. The van der Waals surface area contributed by atoms with Crippen molar-refractivity contribution in [3.05, 3.63) is 27.4 Å². The first-order valence-corrected chi connectivity index (χ1v) is 9.09. The summed E-state index contributed by atoms with van der Waals surface area (Å²) in [7, 11) is -0.425. The lowest BCUT2D eigenvalue weighted by atomic mass is 9.79. The van der Waals surface area contributed by atoms with Crippen molar-refractivity contribution >= 4 is 43.1 Å². The molecule has 2 heterocycles. The number of carbonyl (C=O) groups excluding carboxylic acids is 1. The highest BCUT2D eigenvalue weighted by Gasteiger charge is 2.52. The Morgan fingerprint density at radius 1 is 1.30 bits per heavy atom. The first-order chi connectivity index (χ1) is 10.7. The summed E-state index contributed by atoms with van der Waals surface area (Å²) in [5.74, 6) is 0.226. The third-order valence-electron chi connectivity index (χ3n) is 4.17. The molecule has 2 rings (SSSR count). The Morgan fingerprint density at radius 2 is 1.91 bits per heavy atom. The van der Waals surface area contributed by atoms with Gasteiger partial charge in [-0.25, -0.2) is 4.79 Å². The van der Waals surface area contributed by atoms with Crippen molar-refractivity contribution in [2.75, 3.05) is 12.4 Å². The fourth-order valence-corrected chi connectivity index (χ4v) is 3.23. The van der Waals surface area contributed by atoms with Gasteiger partial charge in [-0.3, -0.25) is 0 Å². The summed E-state index contributed by atoms with van der Waals surface area (Å²) in [5, 5.41) is 0. The van der Waals surface area contributed by atoms with Crippen molar-refractivity contribution < 1.29 is 18.8 Å². The number of ether oxygens (including phenoxy) is 1. The maximum Gasteiger partial charge on any atom is 0.491 e. The van der Waals surface area contributed by atoms with E-state index in [-0.39, 0.29) is 17.2 Å². The number of rotatable bonds is 5. The van der Waals surface area contributed by atoms with Crippen LogP contribution >= 0.6 is 24.0 Å². The summed E-state index contributed by atoms with van der Waals surface area (Å²) in [6.45, 7) is 10.3. The monoisotopic (exact) mass is 354 g/mol. The first kappa shape index (κ1) is 18.6. The molecule has 0 amide bonds. The standard InChI is InChI=1S/C16H23BO4S2/c1-6-19-14(18)13-8-7-12(23-13)9-11(10-22)17-20-15(2,3)16(4,5)21-17/h7-9,22H,6,10H2,1-5H3. The van der Waals surface area contributed by atoms with E-state index in [1.165, 1.54) is 11.3 Å². The highest BCUT2D eigenvalue weighted by Crippen LogP contribution is 2.39. The number of thiol groups is 1. The van der Waals surface area contributed by atoms with Crippen LogP contribution in [0.25, 0.3) is 6.08 Å². The number of thiophene rings is 1. The highest BCUT2D eigenvalue weighted by atomic mass is 32.1. The molecule has 0 spiro atoms. The second kappa shape index (κ2) is 7.01. The maximum atomic E-state index is 11.7. The topological polar surface area (TPSA) is 44.8 Å². The predicted octanol–water partition coefficient (Wildman–Crippen LogP) is 3.87. The van der Waals surface area contributed by atoms with Gasteiger partial charge in [0.1, 0.15) is 4.88 Å². The molecule has 0 atom stereocenters. The third kappa shape index (κ3) is 4.02. The maximum absolute atomic E-state index is 11.7. The van der Waals surface area contributed by atoms with Crippen molar-refractivity contribution in [3.63, 3.8) is 0 Å². The quantitative estimate of drug-likeness (QED) is 0.495. The van der Waals surface area contributed by atoms with Crippen LogP contribution in [0, 0.1) is 0 Å². The SMILES string of the molecule is CCOC(=O)c1ccc(C=C(CS)B2OC(C)(C)C(C)(C)O2)s1. The minimum absolute atomic E-state index is 0.291. The highest BCUT2D eigenvalue weighted by molar-refractivity contribution is 7.80. The molecular weight excluding hydrogens is 331 g/mol. The molecule has 1 aliphatic heterocycles. The summed E-state index contributed by atoms with van der Waals surface area (Å²) >= 11 is 5.79. The minimum Gasteiger partial charge on any atom is -0.462 e. The Kier molecular flexibility index (Phi) is 5.66. The molecular formula is C16H23BO4S2. The van der Waals surface area contributed by atoms with Gasteiger partial charge in [0.2, 0.25) is 0 Å². The number of hydrogen-bond donors (Lipinski definition) is 1. The molecule has 0 bridgehead atoms. The molecule has 0 aliphatic carbocycles. The van der Waals surface area contributed by atoms with E-state index in [2.05, 4.69) is 12.6 Å². The number of carbonyl (C=O) groups is 1. The minimum atomic E-state index is -0.425. The van der Waals surface area contributed by atoms with Crippen LogP contribution in [0.1, 0.15) is 49.2 Å². The lowest BCUT2D eigenvalue weighted by Gasteiger charge is -2.32. The fraction of sp³-hybridized carbons (Fsp3) is 0.562. The molecule has 126 valence electrons. The fourth-order valence-electron chi connectivity index (χ4n) is 2.11. The van der Waals surface area contributed by atoms with Gasteiger partial charge >= 0.3 is 13.1 Å². The van der Waals surface area contributed by atoms with Crippen LogP contribution in [0.3, 0.4) is 0 Å². The molecule has 0 unspecified atom stereocenters. The van der Waals surface area contributed by atoms with Crippen molar-refractivity contribution in [1.82, 2.24) is 0 Å². The molecule has 1 aromatic rings. The Balaban J connectivity index is 2.19. The van der Waals surface area contributed by atoms with E-state index in [9.17, 15) is 4.79 Å². The Labute approximate surface area is 147 Å². The largest absolute Gasteiger partial charge is 0.491 e. The van der Waals surface area contributed by atoms with Crippen LogP contribution < -0.4 is 0 Å². The molecule has 1 saturated heterocycles. The van der Waals surface area contributed by atoms with Crippen molar-refractivity contribution in [2.45, 2.75) is 45.8 Å². The van der Waals surface area contributed by atoms with Gasteiger partial charge in [0.05, 0.1) is 17.8 Å². The summed E-state index contributed by atoms with van der Waals surface area (Å²) < 4.78 is 17.1. The van der Waals surface area contributed by atoms with Gasteiger partial charge < -0.3 is 14.0 Å². The molecule has 7 heteroatoms. The zero-order chi connectivity index (χ0) is 17.3. The zero-order valence-electron chi connectivity index (χ0n) is 14.2. The van der Waals surface area contributed by atoms with Crippen LogP contribution in [-0.2, 0) is 14.0 Å². The summed E-state index contributed by atoms with van der Waals surface area (Å²) in [6.07, 6.45) is 1.97. The summed E-state index contributed by atoms with van der Waals surface area (Å²) in [5.41, 5.74) is 0.167. The molecule has 0 aromatic carbocycles. The molecule has 0 saturated carbocycles. The van der Waals surface area contributed by atoms with Gasteiger partial charge in [-0.2, -0.15) is 12.6 Å². The van der Waals surface area contributed by atoms with Crippen LogP contribution in [0.15, 0.2) is 17.6 Å². The summed E-state index contributed by atoms with van der Waals surface area (Å²) in [4.78, 5) is 13.3. The molecule has 0 N–H and O–H groups in total. The molecule has 23 heavy (non-hydrogen) atoms. The van der Waals surface area contributed by atoms with Crippen LogP contribution in [-0.4, -0.2) is 36.6 Å².